The number of ether oxygens (including phenoxy) is 1. The summed E-state index contributed by atoms with van der Waals surface area (Å²) in [6.07, 6.45) is 3.74. The second-order valence-corrected chi connectivity index (χ2v) is 3.72. The topological polar surface area (TPSA) is 60.6 Å². The van der Waals surface area contributed by atoms with Gasteiger partial charge in [0.2, 0.25) is 0 Å². The lowest BCUT2D eigenvalue weighted by Gasteiger charge is -2.14. The molecule has 0 spiro atoms. The summed E-state index contributed by atoms with van der Waals surface area (Å²) >= 11 is 1.44. The van der Waals surface area contributed by atoms with Crippen molar-refractivity contribution in [3.63, 3.8) is 0 Å². The van der Waals surface area contributed by atoms with Gasteiger partial charge in [0.05, 0.1) is 13.2 Å². The predicted octanol–water partition coefficient (Wildman–Crippen LogP) is 0.354. The van der Waals surface area contributed by atoms with Crippen molar-refractivity contribution in [2.24, 2.45) is 4.99 Å². The molecule has 15 heavy (non-hydrogen) atoms. The normalized spacial score (nSPS) is 11.5. The monoisotopic (exact) mass is 230 g/mol. The SMILES string of the molecule is COCCN(C)CCN=C(NC#N)SC. The van der Waals surface area contributed by atoms with Crippen molar-refractivity contribution in [1.29, 1.82) is 5.26 Å². The first kappa shape index (κ1) is 14.2. The zero-order valence-corrected chi connectivity index (χ0v) is 10.3. The van der Waals surface area contributed by atoms with Crippen LogP contribution in [0.3, 0.4) is 0 Å². The number of nitriles is 1. The number of methoxy groups -OCH3 is 1. The summed E-state index contributed by atoms with van der Waals surface area (Å²) < 4.78 is 4.96. The smallest absolute Gasteiger partial charge is 0.183 e. The molecule has 0 amide bonds. The van der Waals surface area contributed by atoms with Crippen molar-refractivity contribution >= 4 is 16.9 Å². The average molecular weight is 230 g/mol. The Morgan fingerprint density at radius 2 is 2.33 bits per heavy atom. The molecule has 0 heterocycles. The standard InChI is InChI=1S/C9H18N4OS/c1-13(6-7-14-2)5-4-11-9(15-3)12-8-10/h4-7H2,1-3H3,(H,11,12). The van der Waals surface area contributed by atoms with Crippen molar-refractivity contribution in [2.75, 3.05) is 46.7 Å². The lowest BCUT2D eigenvalue weighted by molar-refractivity contribution is 0.163. The van der Waals surface area contributed by atoms with Crippen LogP contribution in [0.1, 0.15) is 0 Å². The van der Waals surface area contributed by atoms with Gasteiger partial charge in [0.15, 0.2) is 11.4 Å². The third-order valence-electron chi connectivity index (χ3n) is 1.77. The quantitative estimate of drug-likeness (QED) is 0.309. The highest BCUT2D eigenvalue weighted by atomic mass is 32.2. The zero-order chi connectivity index (χ0) is 11.5. The van der Waals surface area contributed by atoms with Gasteiger partial charge in [-0.25, -0.2) is 0 Å². The molecule has 1 N–H and O–H groups in total. The number of nitrogens with one attached hydrogen (secondary N) is 1. The molecular formula is C9H18N4OS. The van der Waals surface area contributed by atoms with Gasteiger partial charge in [0.25, 0.3) is 0 Å². The van der Waals surface area contributed by atoms with Crippen LogP contribution < -0.4 is 5.32 Å². The van der Waals surface area contributed by atoms with Gasteiger partial charge in [-0.3, -0.25) is 10.3 Å². The van der Waals surface area contributed by atoms with E-state index in [0.717, 1.165) is 19.7 Å². The number of amidine groups is 1. The molecule has 0 fully saturated rings. The Balaban J connectivity index is 3.69. The van der Waals surface area contributed by atoms with E-state index in [0.29, 0.717) is 11.7 Å². The van der Waals surface area contributed by atoms with E-state index < -0.39 is 0 Å². The van der Waals surface area contributed by atoms with Crippen molar-refractivity contribution < 1.29 is 4.74 Å². The lowest BCUT2D eigenvalue weighted by atomic mass is 10.5. The summed E-state index contributed by atoms with van der Waals surface area (Å²) in [5.74, 6) is 0. The Hall–Kier alpha value is -0.770. The second kappa shape index (κ2) is 9.77. The maximum atomic E-state index is 8.41. The molecule has 0 rings (SSSR count). The molecule has 0 aromatic rings. The predicted molar refractivity (Wildman–Crippen MR) is 63.9 cm³/mol. The molecule has 0 radical (unpaired) electrons. The maximum Gasteiger partial charge on any atom is 0.183 e. The fourth-order valence-corrected chi connectivity index (χ4v) is 1.25. The number of hydrogen-bond donors (Lipinski definition) is 1. The summed E-state index contributed by atoms with van der Waals surface area (Å²) in [5.41, 5.74) is 0. The number of thioether (sulfide) groups is 1. The van der Waals surface area contributed by atoms with E-state index in [-0.39, 0.29) is 0 Å². The van der Waals surface area contributed by atoms with E-state index in [1.165, 1.54) is 11.8 Å². The largest absolute Gasteiger partial charge is 0.383 e. The molecule has 86 valence electrons. The van der Waals surface area contributed by atoms with Crippen LogP contribution >= 0.6 is 11.8 Å². The van der Waals surface area contributed by atoms with Crippen LogP contribution in [-0.4, -0.2) is 56.7 Å². The Labute approximate surface area is 95.5 Å². The van der Waals surface area contributed by atoms with Gasteiger partial charge in [0, 0.05) is 20.2 Å². The number of rotatable bonds is 6. The average Bonchev–Trinajstić information content (AvgIpc) is 2.25. The molecule has 0 aromatic carbocycles. The second-order valence-electron chi connectivity index (χ2n) is 2.92. The van der Waals surface area contributed by atoms with Gasteiger partial charge in [0.1, 0.15) is 0 Å². The lowest BCUT2D eigenvalue weighted by Crippen LogP contribution is -2.26. The first-order valence-electron chi connectivity index (χ1n) is 4.65. The first-order chi connectivity index (χ1) is 7.24. The summed E-state index contributed by atoms with van der Waals surface area (Å²) in [6, 6.07) is 0. The highest BCUT2D eigenvalue weighted by Crippen LogP contribution is 1.94. The van der Waals surface area contributed by atoms with Gasteiger partial charge in [-0.2, -0.15) is 5.26 Å². The fraction of sp³-hybridized carbons (Fsp3) is 0.778. The molecule has 0 bridgehead atoms. The van der Waals surface area contributed by atoms with Crippen LogP contribution in [0.25, 0.3) is 0 Å². The number of aliphatic imine (C=N–C) groups is 1. The highest BCUT2D eigenvalue weighted by molar-refractivity contribution is 8.13. The minimum atomic E-state index is 0.664. The molecule has 0 aliphatic rings. The van der Waals surface area contributed by atoms with Crippen LogP contribution in [0.5, 0.6) is 0 Å². The fourth-order valence-electron chi connectivity index (χ4n) is 0.884. The van der Waals surface area contributed by atoms with Gasteiger partial charge in [-0.05, 0) is 13.3 Å². The number of nitrogens with zero attached hydrogens (tertiary/aromatic N) is 3. The van der Waals surface area contributed by atoms with Crippen LogP contribution in [-0.2, 0) is 4.74 Å². The van der Waals surface area contributed by atoms with E-state index in [1.807, 2.05) is 19.5 Å². The molecule has 0 aromatic heterocycles. The van der Waals surface area contributed by atoms with Gasteiger partial charge in [-0.15, -0.1) is 0 Å². The molecule has 0 aliphatic heterocycles. The zero-order valence-electron chi connectivity index (χ0n) is 9.49. The molecule has 0 aliphatic carbocycles. The number of hydrogen-bond acceptors (Lipinski definition) is 5. The minimum absolute atomic E-state index is 0.664. The van der Waals surface area contributed by atoms with E-state index in [1.54, 1.807) is 7.11 Å². The van der Waals surface area contributed by atoms with E-state index in [9.17, 15) is 0 Å². The third kappa shape index (κ3) is 8.24. The van der Waals surface area contributed by atoms with Gasteiger partial charge < -0.3 is 9.64 Å². The van der Waals surface area contributed by atoms with Gasteiger partial charge >= 0.3 is 0 Å². The van der Waals surface area contributed by atoms with Gasteiger partial charge in [-0.1, -0.05) is 11.8 Å². The first-order valence-corrected chi connectivity index (χ1v) is 5.88. The van der Waals surface area contributed by atoms with Crippen LogP contribution in [0, 0.1) is 11.5 Å². The van der Waals surface area contributed by atoms with E-state index in [4.69, 9.17) is 10.00 Å². The third-order valence-corrected chi connectivity index (χ3v) is 2.39. The molecule has 5 nitrogen and oxygen atoms in total. The summed E-state index contributed by atoms with van der Waals surface area (Å²) in [5, 5.41) is 11.6. The van der Waals surface area contributed by atoms with Crippen molar-refractivity contribution in [2.45, 2.75) is 0 Å². The molecule has 6 heteroatoms. The molecule has 0 unspecified atom stereocenters. The summed E-state index contributed by atoms with van der Waals surface area (Å²) in [4.78, 5) is 6.38. The van der Waals surface area contributed by atoms with Crippen molar-refractivity contribution in [3.05, 3.63) is 0 Å². The Morgan fingerprint density at radius 3 is 2.87 bits per heavy atom. The Bertz CT molecular complexity index is 227. The molecule has 0 saturated heterocycles. The van der Waals surface area contributed by atoms with Crippen LogP contribution in [0.15, 0.2) is 4.99 Å². The molecule has 0 saturated carbocycles. The molecular weight excluding hydrogens is 212 g/mol. The van der Waals surface area contributed by atoms with Crippen molar-refractivity contribution in [1.82, 2.24) is 10.2 Å². The molecule has 0 atom stereocenters. The number of likely N-dealkylation sites (N-methyl/N-ethyl adjacent to an activating group) is 1. The maximum absolute atomic E-state index is 8.41. The highest BCUT2D eigenvalue weighted by Gasteiger charge is 1.97. The summed E-state index contributed by atoms with van der Waals surface area (Å²) in [6.45, 7) is 3.17. The van der Waals surface area contributed by atoms with Crippen LogP contribution in [0.2, 0.25) is 0 Å². The minimum Gasteiger partial charge on any atom is -0.383 e. The Morgan fingerprint density at radius 1 is 1.60 bits per heavy atom. The Kier molecular flexibility index (Phi) is 9.27. The van der Waals surface area contributed by atoms with Crippen LogP contribution in [0.4, 0.5) is 0 Å². The van der Waals surface area contributed by atoms with E-state index >= 15 is 0 Å². The van der Waals surface area contributed by atoms with E-state index in [2.05, 4.69) is 15.2 Å². The van der Waals surface area contributed by atoms with Crippen molar-refractivity contribution in [3.8, 4) is 6.19 Å². The summed E-state index contributed by atoms with van der Waals surface area (Å²) in [7, 11) is 3.71.